The van der Waals surface area contributed by atoms with Crippen molar-refractivity contribution >= 4 is 17.5 Å². The molecule has 0 radical (unpaired) electrons. The quantitative estimate of drug-likeness (QED) is 0.868. The van der Waals surface area contributed by atoms with E-state index in [4.69, 9.17) is 0 Å². The predicted molar refractivity (Wildman–Crippen MR) is 78.1 cm³/mol. The number of fused-ring (bicyclic) bond motifs is 1. The number of rotatable bonds is 2. The fraction of sp³-hybridized carbons (Fsp3) is 0.500. The van der Waals surface area contributed by atoms with Crippen molar-refractivity contribution in [2.75, 3.05) is 5.32 Å². The van der Waals surface area contributed by atoms with Crippen LogP contribution in [0.4, 0.5) is 10.5 Å². The van der Waals surface area contributed by atoms with Crippen LogP contribution in [0.25, 0.3) is 0 Å². The topological polar surface area (TPSA) is 58.2 Å². The average molecular weight is 272 g/mol. The molecular weight excluding hydrogens is 252 g/mol. The van der Waals surface area contributed by atoms with Gasteiger partial charge in [0.05, 0.1) is 0 Å². The Kier molecular flexibility index (Phi) is 3.72. The van der Waals surface area contributed by atoms with Gasteiger partial charge in [-0.05, 0) is 43.0 Å². The zero-order valence-corrected chi connectivity index (χ0v) is 11.6. The van der Waals surface area contributed by atoms with Gasteiger partial charge in [-0.2, -0.15) is 0 Å². The van der Waals surface area contributed by atoms with Crippen molar-refractivity contribution in [3.05, 3.63) is 29.3 Å². The van der Waals surface area contributed by atoms with Crippen molar-refractivity contribution in [1.29, 1.82) is 0 Å². The maximum Gasteiger partial charge on any atom is 0.319 e. The number of aryl methyl sites for hydroxylation is 1. The van der Waals surface area contributed by atoms with Crippen LogP contribution in [0.2, 0.25) is 0 Å². The number of nitrogens with one attached hydrogen (secondary N) is 2. The third kappa shape index (κ3) is 2.84. The Labute approximate surface area is 118 Å². The molecule has 0 heterocycles. The minimum atomic E-state index is -0.138. The number of anilines is 1. The number of carbonyl (C=O) groups is 2. The van der Waals surface area contributed by atoms with E-state index in [1.165, 1.54) is 19.3 Å². The van der Waals surface area contributed by atoms with Gasteiger partial charge in [-0.3, -0.25) is 4.79 Å². The van der Waals surface area contributed by atoms with E-state index < -0.39 is 0 Å². The lowest BCUT2D eigenvalue weighted by atomic mass is 9.96. The Morgan fingerprint density at radius 1 is 1.10 bits per heavy atom. The van der Waals surface area contributed by atoms with E-state index in [1.54, 1.807) is 0 Å². The molecule has 0 aromatic heterocycles. The molecule has 2 aliphatic rings. The number of ketones is 1. The van der Waals surface area contributed by atoms with Crippen LogP contribution in [-0.4, -0.2) is 17.9 Å². The second-order valence-electron chi connectivity index (χ2n) is 5.73. The molecular formula is C16H20N2O2. The fourth-order valence-corrected chi connectivity index (χ4v) is 3.13. The first-order valence-corrected chi connectivity index (χ1v) is 7.46. The smallest absolute Gasteiger partial charge is 0.319 e. The van der Waals surface area contributed by atoms with Gasteiger partial charge in [0, 0.05) is 23.7 Å². The number of amides is 2. The van der Waals surface area contributed by atoms with Crippen LogP contribution >= 0.6 is 0 Å². The molecule has 106 valence electrons. The van der Waals surface area contributed by atoms with Crippen LogP contribution in [-0.2, 0) is 6.42 Å². The van der Waals surface area contributed by atoms with Gasteiger partial charge in [-0.25, -0.2) is 4.79 Å². The maximum absolute atomic E-state index is 12.0. The van der Waals surface area contributed by atoms with Gasteiger partial charge in [-0.1, -0.05) is 19.3 Å². The summed E-state index contributed by atoms with van der Waals surface area (Å²) >= 11 is 0. The van der Waals surface area contributed by atoms with Crippen LogP contribution in [0.5, 0.6) is 0 Å². The fourth-order valence-electron chi connectivity index (χ4n) is 3.13. The van der Waals surface area contributed by atoms with Gasteiger partial charge in [0.1, 0.15) is 0 Å². The highest BCUT2D eigenvalue weighted by molar-refractivity contribution is 6.01. The lowest BCUT2D eigenvalue weighted by Crippen LogP contribution is -2.39. The largest absolute Gasteiger partial charge is 0.335 e. The number of hydrogen-bond acceptors (Lipinski definition) is 2. The molecule has 0 atom stereocenters. The molecule has 2 amide bonds. The summed E-state index contributed by atoms with van der Waals surface area (Å²) in [5.74, 6) is 0.207. The molecule has 1 aromatic rings. The van der Waals surface area contributed by atoms with Crippen LogP contribution < -0.4 is 10.6 Å². The number of carbonyl (C=O) groups excluding carboxylic acids is 2. The zero-order chi connectivity index (χ0) is 13.9. The monoisotopic (exact) mass is 272 g/mol. The highest BCUT2D eigenvalue weighted by Crippen LogP contribution is 2.25. The van der Waals surface area contributed by atoms with E-state index in [9.17, 15) is 9.59 Å². The van der Waals surface area contributed by atoms with Crippen molar-refractivity contribution in [3.63, 3.8) is 0 Å². The molecule has 2 aliphatic carbocycles. The molecule has 0 bridgehead atoms. The van der Waals surface area contributed by atoms with E-state index in [1.807, 2.05) is 18.2 Å². The first-order chi connectivity index (χ1) is 9.72. The number of Topliss-reactive ketones (excluding diaryl/α,β-unsaturated/α-hetero) is 1. The van der Waals surface area contributed by atoms with Crippen LogP contribution in [0.3, 0.4) is 0 Å². The first-order valence-electron chi connectivity index (χ1n) is 7.46. The molecule has 20 heavy (non-hydrogen) atoms. The summed E-state index contributed by atoms with van der Waals surface area (Å²) in [7, 11) is 0. The van der Waals surface area contributed by atoms with E-state index in [2.05, 4.69) is 10.6 Å². The molecule has 0 aliphatic heterocycles. The maximum atomic E-state index is 12.0. The summed E-state index contributed by atoms with van der Waals surface area (Å²) in [5.41, 5.74) is 2.63. The highest BCUT2D eigenvalue weighted by Gasteiger charge is 2.20. The van der Waals surface area contributed by atoms with Crippen molar-refractivity contribution in [2.45, 2.75) is 51.0 Å². The summed E-state index contributed by atoms with van der Waals surface area (Å²) in [6, 6.07) is 5.71. The molecule has 3 rings (SSSR count). The predicted octanol–water partition coefficient (Wildman–Crippen LogP) is 3.27. The van der Waals surface area contributed by atoms with Gasteiger partial charge >= 0.3 is 6.03 Å². The first kappa shape index (κ1) is 13.2. The third-order valence-corrected chi connectivity index (χ3v) is 4.23. The Hall–Kier alpha value is -1.84. The SMILES string of the molecule is O=C(Nc1ccc2c(c1)CCC2=O)NC1CCCCC1. The molecule has 0 saturated heterocycles. The summed E-state index contributed by atoms with van der Waals surface area (Å²) in [6.07, 6.45) is 7.20. The van der Waals surface area contributed by atoms with Crippen LogP contribution in [0, 0.1) is 0 Å². The molecule has 4 nitrogen and oxygen atoms in total. The Morgan fingerprint density at radius 2 is 1.90 bits per heavy atom. The highest BCUT2D eigenvalue weighted by atomic mass is 16.2. The average Bonchev–Trinajstić information content (AvgIpc) is 2.81. The van der Waals surface area contributed by atoms with Gasteiger partial charge in [-0.15, -0.1) is 0 Å². The minimum Gasteiger partial charge on any atom is -0.335 e. The molecule has 0 unspecified atom stereocenters. The lowest BCUT2D eigenvalue weighted by Gasteiger charge is -2.22. The van der Waals surface area contributed by atoms with Crippen LogP contribution in [0.15, 0.2) is 18.2 Å². The minimum absolute atomic E-state index is 0.138. The summed E-state index contributed by atoms with van der Waals surface area (Å²) in [6.45, 7) is 0. The molecule has 1 aromatic carbocycles. The normalized spacial score (nSPS) is 18.7. The van der Waals surface area contributed by atoms with Crippen molar-refractivity contribution < 1.29 is 9.59 Å². The Balaban J connectivity index is 1.60. The summed E-state index contributed by atoms with van der Waals surface area (Å²) in [5, 5.41) is 5.90. The third-order valence-electron chi connectivity index (χ3n) is 4.23. The van der Waals surface area contributed by atoms with Gasteiger partial charge in [0.15, 0.2) is 5.78 Å². The summed E-state index contributed by atoms with van der Waals surface area (Å²) in [4.78, 5) is 23.5. The second-order valence-corrected chi connectivity index (χ2v) is 5.73. The van der Waals surface area contributed by atoms with Gasteiger partial charge < -0.3 is 10.6 Å². The van der Waals surface area contributed by atoms with Crippen molar-refractivity contribution in [3.8, 4) is 0 Å². The van der Waals surface area contributed by atoms with E-state index in [-0.39, 0.29) is 11.8 Å². The lowest BCUT2D eigenvalue weighted by molar-refractivity contribution is 0.0994. The van der Waals surface area contributed by atoms with Crippen LogP contribution in [0.1, 0.15) is 54.4 Å². The van der Waals surface area contributed by atoms with Gasteiger partial charge in [0.2, 0.25) is 0 Å². The molecule has 2 N–H and O–H groups in total. The van der Waals surface area contributed by atoms with Crippen molar-refractivity contribution in [2.24, 2.45) is 0 Å². The number of urea groups is 1. The van der Waals surface area contributed by atoms with E-state index >= 15 is 0 Å². The molecule has 4 heteroatoms. The van der Waals surface area contributed by atoms with E-state index in [0.717, 1.165) is 36.1 Å². The second kappa shape index (κ2) is 5.65. The van der Waals surface area contributed by atoms with E-state index in [0.29, 0.717) is 12.5 Å². The van der Waals surface area contributed by atoms with Crippen molar-refractivity contribution in [1.82, 2.24) is 5.32 Å². The Morgan fingerprint density at radius 3 is 2.70 bits per heavy atom. The molecule has 0 spiro atoms. The molecule has 1 saturated carbocycles. The standard InChI is InChI=1S/C16H20N2O2/c19-15-9-6-11-10-13(7-8-14(11)15)18-16(20)17-12-4-2-1-3-5-12/h7-8,10,12H,1-6,9H2,(H2,17,18,20). The number of benzene rings is 1. The van der Waals surface area contributed by atoms with Gasteiger partial charge in [0.25, 0.3) is 0 Å². The Bertz CT molecular complexity index is 533. The number of hydrogen-bond donors (Lipinski definition) is 2. The summed E-state index contributed by atoms with van der Waals surface area (Å²) < 4.78 is 0. The zero-order valence-electron chi connectivity index (χ0n) is 11.6. The molecule has 1 fully saturated rings.